The Hall–Kier alpha value is -1.55. The van der Waals surface area contributed by atoms with Gasteiger partial charge >= 0.3 is 0 Å². The molecular weight excluding hydrogens is 264 g/mol. The number of amides is 1. The summed E-state index contributed by atoms with van der Waals surface area (Å²) in [5, 5.41) is 3.03. The molecule has 1 amide bonds. The normalized spacial score (nSPS) is 19.0. The van der Waals surface area contributed by atoms with Crippen LogP contribution in [0.15, 0.2) is 24.3 Å². The van der Waals surface area contributed by atoms with Gasteiger partial charge in [-0.15, -0.1) is 0 Å². The van der Waals surface area contributed by atoms with Crippen LogP contribution < -0.4 is 15.8 Å². The molecule has 0 spiro atoms. The van der Waals surface area contributed by atoms with Gasteiger partial charge in [-0.3, -0.25) is 4.79 Å². The van der Waals surface area contributed by atoms with Crippen molar-refractivity contribution in [2.45, 2.75) is 58.2 Å². The predicted octanol–water partition coefficient (Wildman–Crippen LogP) is 2.78. The number of ether oxygens (including phenoxy) is 1. The molecule has 21 heavy (non-hydrogen) atoms. The summed E-state index contributed by atoms with van der Waals surface area (Å²) < 4.78 is 5.81. The molecule has 0 aromatic heterocycles. The third kappa shape index (κ3) is 3.76. The van der Waals surface area contributed by atoms with Gasteiger partial charge in [0.2, 0.25) is 5.91 Å². The Balaban J connectivity index is 2.09. The SMILES string of the molecule is CC(C)Oc1ccccc1C(C)NC(=O)C(C)(N)C1CC1. The molecule has 0 bridgehead atoms. The summed E-state index contributed by atoms with van der Waals surface area (Å²) in [7, 11) is 0. The third-order valence-corrected chi connectivity index (χ3v) is 4.01. The molecule has 0 radical (unpaired) electrons. The molecule has 0 aliphatic heterocycles. The number of nitrogens with two attached hydrogens (primary N) is 1. The highest BCUT2D eigenvalue weighted by atomic mass is 16.5. The zero-order valence-electron chi connectivity index (χ0n) is 13.3. The van der Waals surface area contributed by atoms with Crippen LogP contribution in [0.4, 0.5) is 0 Å². The molecule has 1 aliphatic rings. The van der Waals surface area contributed by atoms with Crippen LogP contribution in [0.5, 0.6) is 5.75 Å². The monoisotopic (exact) mass is 290 g/mol. The van der Waals surface area contributed by atoms with Crippen LogP contribution in [0.3, 0.4) is 0 Å². The van der Waals surface area contributed by atoms with Crippen molar-refractivity contribution in [1.29, 1.82) is 0 Å². The van der Waals surface area contributed by atoms with Crippen molar-refractivity contribution >= 4 is 5.91 Å². The summed E-state index contributed by atoms with van der Waals surface area (Å²) in [6.45, 7) is 7.76. The van der Waals surface area contributed by atoms with Crippen molar-refractivity contribution < 1.29 is 9.53 Å². The Bertz CT molecular complexity index is 507. The molecule has 1 saturated carbocycles. The fourth-order valence-corrected chi connectivity index (χ4v) is 2.50. The fraction of sp³-hybridized carbons (Fsp3) is 0.588. The Morgan fingerprint density at radius 3 is 2.52 bits per heavy atom. The predicted molar refractivity (Wildman–Crippen MR) is 84.1 cm³/mol. The number of nitrogens with one attached hydrogen (secondary N) is 1. The summed E-state index contributed by atoms with van der Waals surface area (Å²) >= 11 is 0. The minimum Gasteiger partial charge on any atom is -0.491 e. The molecule has 1 aromatic rings. The van der Waals surface area contributed by atoms with Gasteiger partial charge in [-0.2, -0.15) is 0 Å². The Kier molecular flexibility index (Phi) is 4.57. The molecule has 4 heteroatoms. The van der Waals surface area contributed by atoms with Crippen molar-refractivity contribution in [3.63, 3.8) is 0 Å². The van der Waals surface area contributed by atoms with Crippen LogP contribution in [0.25, 0.3) is 0 Å². The minimum absolute atomic E-state index is 0.0862. The topological polar surface area (TPSA) is 64.3 Å². The third-order valence-electron chi connectivity index (χ3n) is 4.01. The number of hydrogen-bond donors (Lipinski definition) is 2. The molecule has 116 valence electrons. The van der Waals surface area contributed by atoms with Gasteiger partial charge in [-0.25, -0.2) is 0 Å². The lowest BCUT2D eigenvalue weighted by Crippen LogP contribution is -2.53. The first-order valence-corrected chi connectivity index (χ1v) is 7.67. The Morgan fingerprint density at radius 2 is 1.95 bits per heavy atom. The van der Waals surface area contributed by atoms with E-state index in [4.69, 9.17) is 10.5 Å². The highest BCUT2D eigenvalue weighted by Gasteiger charge is 2.44. The highest BCUT2D eigenvalue weighted by molar-refractivity contribution is 5.86. The van der Waals surface area contributed by atoms with E-state index in [9.17, 15) is 4.79 Å². The van der Waals surface area contributed by atoms with Crippen LogP contribution in [0.2, 0.25) is 0 Å². The van der Waals surface area contributed by atoms with Crippen LogP contribution in [-0.2, 0) is 4.79 Å². The largest absolute Gasteiger partial charge is 0.491 e. The summed E-state index contributed by atoms with van der Waals surface area (Å²) in [5.74, 6) is 1.04. The van der Waals surface area contributed by atoms with Crippen molar-refractivity contribution in [2.75, 3.05) is 0 Å². The van der Waals surface area contributed by atoms with Crippen molar-refractivity contribution in [2.24, 2.45) is 11.7 Å². The second-order valence-electron chi connectivity index (χ2n) is 6.46. The van der Waals surface area contributed by atoms with Gasteiger partial charge in [-0.1, -0.05) is 18.2 Å². The number of carbonyl (C=O) groups is 1. The molecule has 0 saturated heterocycles. The first-order valence-electron chi connectivity index (χ1n) is 7.67. The smallest absolute Gasteiger partial charge is 0.240 e. The quantitative estimate of drug-likeness (QED) is 0.846. The molecule has 1 aromatic carbocycles. The van der Waals surface area contributed by atoms with Crippen molar-refractivity contribution in [3.05, 3.63) is 29.8 Å². The molecule has 2 unspecified atom stereocenters. The van der Waals surface area contributed by atoms with Crippen molar-refractivity contribution in [3.8, 4) is 5.75 Å². The lowest BCUT2D eigenvalue weighted by Gasteiger charge is -2.27. The van der Waals surface area contributed by atoms with Gasteiger partial charge in [0.05, 0.1) is 17.7 Å². The molecule has 2 atom stereocenters. The van der Waals surface area contributed by atoms with Gasteiger partial charge < -0.3 is 15.8 Å². The van der Waals surface area contributed by atoms with Crippen LogP contribution in [0.1, 0.15) is 52.1 Å². The van der Waals surface area contributed by atoms with E-state index in [0.717, 1.165) is 24.2 Å². The molecule has 1 fully saturated rings. The number of rotatable bonds is 6. The summed E-state index contributed by atoms with van der Waals surface area (Å²) in [4.78, 5) is 12.4. The standard InChI is InChI=1S/C17H26N2O2/c1-11(2)21-15-8-6-5-7-14(15)12(3)19-16(20)17(4,18)13-9-10-13/h5-8,11-13H,9-10,18H2,1-4H3,(H,19,20). The van der Waals surface area contributed by atoms with E-state index in [1.54, 1.807) is 0 Å². The van der Waals surface area contributed by atoms with Gasteiger partial charge in [0.15, 0.2) is 0 Å². The van der Waals surface area contributed by atoms with Crippen LogP contribution in [-0.4, -0.2) is 17.6 Å². The van der Waals surface area contributed by atoms with Crippen LogP contribution in [0, 0.1) is 5.92 Å². The van der Waals surface area contributed by atoms with E-state index >= 15 is 0 Å². The maximum atomic E-state index is 12.4. The molecule has 3 N–H and O–H groups in total. The lowest BCUT2D eigenvalue weighted by atomic mass is 9.95. The second kappa shape index (κ2) is 6.06. The highest BCUT2D eigenvalue weighted by Crippen LogP contribution is 2.38. The molecule has 4 nitrogen and oxygen atoms in total. The minimum atomic E-state index is -0.776. The van der Waals surface area contributed by atoms with E-state index in [2.05, 4.69) is 5.32 Å². The Morgan fingerprint density at radius 1 is 1.33 bits per heavy atom. The van der Waals surface area contributed by atoms with E-state index in [1.807, 2.05) is 52.0 Å². The maximum Gasteiger partial charge on any atom is 0.240 e. The Labute approximate surface area is 127 Å². The average Bonchev–Trinajstić information content (AvgIpc) is 3.22. The zero-order chi connectivity index (χ0) is 15.6. The molecule has 2 rings (SSSR count). The van der Waals surface area contributed by atoms with Crippen molar-refractivity contribution in [1.82, 2.24) is 5.32 Å². The fourth-order valence-electron chi connectivity index (χ4n) is 2.50. The van der Waals surface area contributed by atoms with Crippen LogP contribution >= 0.6 is 0 Å². The van der Waals surface area contributed by atoms with E-state index in [1.165, 1.54) is 0 Å². The first-order chi connectivity index (χ1) is 9.82. The number of para-hydroxylation sites is 1. The van der Waals surface area contributed by atoms with Gasteiger partial charge in [-0.05, 0) is 52.5 Å². The van der Waals surface area contributed by atoms with E-state index in [0.29, 0.717) is 5.92 Å². The number of hydrogen-bond acceptors (Lipinski definition) is 3. The summed E-state index contributed by atoms with van der Waals surface area (Å²) in [6, 6.07) is 7.67. The summed E-state index contributed by atoms with van der Waals surface area (Å²) in [6.07, 6.45) is 2.18. The van der Waals surface area contributed by atoms with Gasteiger partial charge in [0.1, 0.15) is 5.75 Å². The van der Waals surface area contributed by atoms with E-state index in [-0.39, 0.29) is 18.1 Å². The van der Waals surface area contributed by atoms with Gasteiger partial charge in [0, 0.05) is 5.56 Å². The maximum absolute atomic E-state index is 12.4. The van der Waals surface area contributed by atoms with Gasteiger partial charge in [0.25, 0.3) is 0 Å². The lowest BCUT2D eigenvalue weighted by molar-refractivity contribution is -0.127. The molecule has 1 aliphatic carbocycles. The number of benzene rings is 1. The average molecular weight is 290 g/mol. The second-order valence-corrected chi connectivity index (χ2v) is 6.46. The number of carbonyl (C=O) groups excluding carboxylic acids is 1. The molecular formula is C17H26N2O2. The molecule has 0 heterocycles. The zero-order valence-corrected chi connectivity index (χ0v) is 13.3. The summed E-state index contributed by atoms with van der Waals surface area (Å²) in [5.41, 5.74) is 6.37. The first kappa shape index (κ1) is 15.8. The van der Waals surface area contributed by atoms with E-state index < -0.39 is 5.54 Å².